The molecule has 1 aromatic heterocycles. The fourth-order valence-corrected chi connectivity index (χ4v) is 2.38. The maximum atomic E-state index is 4.50. The summed E-state index contributed by atoms with van der Waals surface area (Å²) in [5, 5.41) is 3.51. The Hall–Kier alpha value is -1.77. The van der Waals surface area contributed by atoms with Gasteiger partial charge in [-0.2, -0.15) is 0 Å². The third kappa shape index (κ3) is 1.93. The van der Waals surface area contributed by atoms with Gasteiger partial charge in [0, 0.05) is 12.7 Å². The molecule has 1 atom stereocenters. The van der Waals surface area contributed by atoms with Crippen LogP contribution in [0.3, 0.4) is 0 Å². The highest BCUT2D eigenvalue weighted by atomic mass is 15.2. The van der Waals surface area contributed by atoms with Crippen LogP contribution in [0, 0.1) is 13.8 Å². The molecule has 0 radical (unpaired) electrons. The first-order valence-electron chi connectivity index (χ1n) is 6.09. The second-order valence-corrected chi connectivity index (χ2v) is 4.80. The van der Waals surface area contributed by atoms with Gasteiger partial charge in [-0.3, -0.25) is 0 Å². The number of nitrogens with one attached hydrogen (secondary N) is 1. The summed E-state index contributed by atoms with van der Waals surface area (Å²) < 4.78 is 2.19. The number of anilines is 1. The summed E-state index contributed by atoms with van der Waals surface area (Å²) >= 11 is 0. The Kier molecular flexibility index (Phi) is 2.39. The van der Waals surface area contributed by atoms with E-state index in [0.717, 1.165) is 24.6 Å². The van der Waals surface area contributed by atoms with Gasteiger partial charge in [-0.15, -0.1) is 0 Å². The van der Waals surface area contributed by atoms with E-state index in [9.17, 15) is 0 Å². The van der Waals surface area contributed by atoms with Crippen molar-refractivity contribution in [2.45, 2.75) is 32.9 Å². The van der Waals surface area contributed by atoms with Gasteiger partial charge in [-0.25, -0.2) is 4.98 Å². The molecule has 3 heteroatoms. The van der Waals surface area contributed by atoms with Crippen molar-refractivity contribution in [2.24, 2.45) is 0 Å². The second-order valence-electron chi connectivity index (χ2n) is 4.80. The zero-order chi connectivity index (χ0) is 11.8. The Morgan fingerprint density at radius 2 is 2.00 bits per heavy atom. The Morgan fingerprint density at radius 1 is 1.24 bits per heavy atom. The number of hydrogen-bond acceptors (Lipinski definition) is 2. The number of nitrogens with zero attached hydrogens (tertiary/aromatic N) is 2. The molecule has 1 aliphatic heterocycles. The average molecular weight is 227 g/mol. The van der Waals surface area contributed by atoms with Crippen LogP contribution in [0.1, 0.15) is 29.3 Å². The van der Waals surface area contributed by atoms with Crippen LogP contribution in [0.25, 0.3) is 0 Å². The topological polar surface area (TPSA) is 29.9 Å². The molecule has 88 valence electrons. The van der Waals surface area contributed by atoms with E-state index >= 15 is 0 Å². The molecule has 0 spiro atoms. The number of fused-ring (bicyclic) bond motifs is 1. The first-order chi connectivity index (χ1) is 8.22. The first kappa shape index (κ1) is 10.4. The van der Waals surface area contributed by atoms with Crippen LogP contribution in [-0.4, -0.2) is 9.55 Å². The van der Waals surface area contributed by atoms with Crippen LogP contribution >= 0.6 is 0 Å². The molecular weight excluding hydrogens is 210 g/mol. The lowest BCUT2D eigenvalue weighted by atomic mass is 10.0. The van der Waals surface area contributed by atoms with Gasteiger partial charge in [0.15, 0.2) is 0 Å². The maximum Gasteiger partial charge on any atom is 0.203 e. The lowest BCUT2D eigenvalue weighted by Gasteiger charge is -2.25. The lowest BCUT2D eigenvalue weighted by Crippen LogP contribution is -2.21. The Balaban J connectivity index is 1.86. The average Bonchev–Trinajstić information content (AvgIpc) is 2.69. The van der Waals surface area contributed by atoms with Crippen molar-refractivity contribution in [3.8, 4) is 0 Å². The SMILES string of the molecule is Cc1ccc(C2CCn3cc(C)nc3N2)cc1. The predicted octanol–water partition coefficient (Wildman–Crippen LogP) is 3.06. The van der Waals surface area contributed by atoms with E-state index in [1.807, 2.05) is 6.92 Å². The quantitative estimate of drug-likeness (QED) is 0.811. The standard InChI is InChI=1S/C14H17N3/c1-10-3-5-12(6-4-10)13-7-8-17-9-11(2)15-14(17)16-13/h3-6,9,13H,7-8H2,1-2H3,(H,15,16). The molecule has 1 N–H and O–H groups in total. The van der Waals surface area contributed by atoms with Crippen LogP contribution < -0.4 is 5.32 Å². The summed E-state index contributed by atoms with van der Waals surface area (Å²) in [6.45, 7) is 5.20. The second kappa shape index (κ2) is 3.91. The van der Waals surface area contributed by atoms with Crippen molar-refractivity contribution >= 4 is 5.95 Å². The summed E-state index contributed by atoms with van der Waals surface area (Å²) in [6, 6.07) is 9.15. The zero-order valence-corrected chi connectivity index (χ0v) is 10.3. The van der Waals surface area contributed by atoms with Crippen LogP contribution in [0.2, 0.25) is 0 Å². The number of hydrogen-bond donors (Lipinski definition) is 1. The molecule has 0 saturated carbocycles. The Bertz CT molecular complexity index is 525. The highest BCUT2D eigenvalue weighted by molar-refractivity contribution is 5.37. The maximum absolute atomic E-state index is 4.50. The van der Waals surface area contributed by atoms with E-state index < -0.39 is 0 Å². The number of benzene rings is 1. The van der Waals surface area contributed by atoms with Crippen LogP contribution in [0.5, 0.6) is 0 Å². The minimum absolute atomic E-state index is 0.393. The van der Waals surface area contributed by atoms with Gasteiger partial charge in [0.1, 0.15) is 0 Å². The molecule has 2 heterocycles. The molecule has 1 aliphatic rings. The molecule has 17 heavy (non-hydrogen) atoms. The molecule has 0 fully saturated rings. The van der Waals surface area contributed by atoms with Crippen molar-refractivity contribution in [2.75, 3.05) is 5.32 Å². The summed E-state index contributed by atoms with van der Waals surface area (Å²) in [4.78, 5) is 4.50. The first-order valence-corrected chi connectivity index (χ1v) is 6.09. The van der Waals surface area contributed by atoms with Crippen molar-refractivity contribution in [3.63, 3.8) is 0 Å². The predicted molar refractivity (Wildman–Crippen MR) is 69.1 cm³/mol. The minimum Gasteiger partial charge on any atom is -0.349 e. The molecule has 3 rings (SSSR count). The molecule has 1 unspecified atom stereocenters. The van der Waals surface area contributed by atoms with Gasteiger partial charge >= 0.3 is 0 Å². The third-order valence-electron chi connectivity index (χ3n) is 3.34. The van der Waals surface area contributed by atoms with Gasteiger partial charge in [-0.1, -0.05) is 29.8 Å². The molecule has 1 aromatic carbocycles. The molecule has 0 aliphatic carbocycles. The van der Waals surface area contributed by atoms with E-state index in [1.165, 1.54) is 11.1 Å². The fraction of sp³-hybridized carbons (Fsp3) is 0.357. The van der Waals surface area contributed by atoms with E-state index in [1.54, 1.807) is 0 Å². The van der Waals surface area contributed by atoms with Crippen molar-refractivity contribution in [1.29, 1.82) is 0 Å². The monoisotopic (exact) mass is 227 g/mol. The van der Waals surface area contributed by atoms with Gasteiger partial charge in [0.25, 0.3) is 0 Å². The van der Waals surface area contributed by atoms with Gasteiger partial charge < -0.3 is 9.88 Å². The van der Waals surface area contributed by atoms with Crippen LogP contribution in [0.4, 0.5) is 5.95 Å². The van der Waals surface area contributed by atoms with Crippen molar-refractivity contribution in [3.05, 3.63) is 47.3 Å². The smallest absolute Gasteiger partial charge is 0.203 e. The fourth-order valence-electron chi connectivity index (χ4n) is 2.38. The Labute approximate surface area is 101 Å². The summed E-state index contributed by atoms with van der Waals surface area (Å²) in [6.07, 6.45) is 3.22. The van der Waals surface area contributed by atoms with Crippen molar-refractivity contribution in [1.82, 2.24) is 9.55 Å². The number of rotatable bonds is 1. The van der Waals surface area contributed by atoms with Crippen LogP contribution in [-0.2, 0) is 6.54 Å². The summed E-state index contributed by atoms with van der Waals surface area (Å²) in [5.74, 6) is 0.999. The minimum atomic E-state index is 0.393. The zero-order valence-electron chi connectivity index (χ0n) is 10.3. The largest absolute Gasteiger partial charge is 0.349 e. The van der Waals surface area contributed by atoms with E-state index in [0.29, 0.717) is 6.04 Å². The van der Waals surface area contributed by atoms with Gasteiger partial charge in [0.2, 0.25) is 5.95 Å². The third-order valence-corrected chi connectivity index (χ3v) is 3.34. The van der Waals surface area contributed by atoms with Crippen LogP contribution in [0.15, 0.2) is 30.5 Å². The van der Waals surface area contributed by atoms with Crippen molar-refractivity contribution < 1.29 is 0 Å². The molecule has 0 amide bonds. The molecule has 0 saturated heterocycles. The highest BCUT2D eigenvalue weighted by Crippen LogP contribution is 2.28. The van der Waals surface area contributed by atoms with Gasteiger partial charge in [0.05, 0.1) is 11.7 Å². The number of imidazole rings is 1. The number of aryl methyl sites for hydroxylation is 3. The molecule has 2 aromatic rings. The summed E-state index contributed by atoms with van der Waals surface area (Å²) in [7, 11) is 0. The molecule has 3 nitrogen and oxygen atoms in total. The van der Waals surface area contributed by atoms with E-state index in [4.69, 9.17) is 0 Å². The number of aromatic nitrogens is 2. The lowest BCUT2D eigenvalue weighted by molar-refractivity contribution is 0.542. The summed E-state index contributed by atoms with van der Waals surface area (Å²) in [5.41, 5.74) is 3.74. The molecule has 0 bridgehead atoms. The van der Waals surface area contributed by atoms with E-state index in [-0.39, 0.29) is 0 Å². The Morgan fingerprint density at radius 3 is 2.76 bits per heavy atom. The molecular formula is C14H17N3. The van der Waals surface area contributed by atoms with E-state index in [2.05, 4.69) is 52.3 Å². The highest BCUT2D eigenvalue weighted by Gasteiger charge is 2.19. The normalized spacial score (nSPS) is 18.6. The van der Waals surface area contributed by atoms with Gasteiger partial charge in [-0.05, 0) is 25.8 Å².